The molecule has 0 saturated carbocycles. The summed E-state index contributed by atoms with van der Waals surface area (Å²) >= 11 is 0. The molecule has 0 aliphatic heterocycles. The second-order valence-corrected chi connectivity index (χ2v) is 6.19. The first kappa shape index (κ1) is 20.4. The monoisotopic (exact) mass is 302 g/mol. The maximum atomic E-state index is 12.0. The van der Waals surface area contributed by atoms with E-state index in [0.717, 1.165) is 44.9 Å². The van der Waals surface area contributed by atoms with Crippen molar-refractivity contribution in [2.45, 2.75) is 96.8 Å². The highest BCUT2D eigenvalue weighted by Gasteiger charge is 2.16. The zero-order valence-electron chi connectivity index (χ0n) is 13.9. The molecule has 1 N–H and O–H groups in total. The lowest BCUT2D eigenvalue weighted by molar-refractivity contribution is -0.142. The van der Waals surface area contributed by atoms with Crippen LogP contribution >= 0.6 is 0 Å². The van der Waals surface area contributed by atoms with E-state index in [-0.39, 0.29) is 12.6 Å². The van der Waals surface area contributed by atoms with Gasteiger partial charge in [-0.2, -0.15) is 0 Å². The molecule has 0 rings (SSSR count). The second kappa shape index (κ2) is 15.8. The Morgan fingerprint density at radius 1 is 0.810 bits per heavy atom. The van der Waals surface area contributed by atoms with Gasteiger partial charge in [0.15, 0.2) is 0 Å². The molecule has 126 valence electrons. The first-order valence-corrected chi connectivity index (χ1v) is 9.01. The van der Waals surface area contributed by atoms with Gasteiger partial charge in [-0.05, 0) is 19.3 Å². The summed E-state index contributed by atoms with van der Waals surface area (Å²) in [6.45, 7) is 1.98. The van der Waals surface area contributed by atoms with Gasteiger partial charge in [0.05, 0.1) is 12.6 Å². The molecule has 1 unspecified atom stereocenters. The third-order valence-electron chi connectivity index (χ3n) is 4.19. The Hall–Kier alpha value is -0.600. The zero-order chi connectivity index (χ0) is 15.8. The van der Waals surface area contributed by atoms with Crippen LogP contribution in [0.3, 0.4) is 0 Å². The van der Waals surface area contributed by atoms with Crippen LogP contribution in [0.1, 0.15) is 96.8 Å². The number of halogens is 1. The predicted octanol–water partition coefficient (Wildman–Crippen LogP) is 6.14. The molecule has 2 nitrogen and oxygen atoms in total. The summed E-state index contributed by atoms with van der Waals surface area (Å²) in [5.41, 5.74) is 0. The highest BCUT2D eigenvalue weighted by Crippen LogP contribution is 2.19. The van der Waals surface area contributed by atoms with Gasteiger partial charge in [-0.15, -0.1) is 0 Å². The van der Waals surface area contributed by atoms with Gasteiger partial charge in [0, 0.05) is 0 Å². The molecular weight excluding hydrogens is 267 g/mol. The SMILES string of the molecule is CCCCCCCCCCC(CCCCCCF)C(=O)O. The topological polar surface area (TPSA) is 37.3 Å². The van der Waals surface area contributed by atoms with Crippen LogP contribution in [0.5, 0.6) is 0 Å². The van der Waals surface area contributed by atoms with E-state index in [0.29, 0.717) is 6.42 Å². The van der Waals surface area contributed by atoms with Gasteiger partial charge < -0.3 is 5.11 Å². The number of rotatable bonds is 16. The summed E-state index contributed by atoms with van der Waals surface area (Å²) in [7, 11) is 0. The number of unbranched alkanes of at least 4 members (excludes halogenated alkanes) is 10. The van der Waals surface area contributed by atoms with Gasteiger partial charge in [0.1, 0.15) is 0 Å². The van der Waals surface area contributed by atoms with Crippen molar-refractivity contribution in [3.63, 3.8) is 0 Å². The van der Waals surface area contributed by atoms with Crippen LogP contribution in [-0.2, 0) is 4.79 Å². The van der Waals surface area contributed by atoms with Crippen LogP contribution < -0.4 is 0 Å². The molecule has 0 aliphatic rings. The Labute approximate surface area is 130 Å². The van der Waals surface area contributed by atoms with E-state index < -0.39 is 5.97 Å². The molecule has 0 aromatic rings. The minimum atomic E-state index is -0.650. The molecule has 0 bridgehead atoms. The Morgan fingerprint density at radius 3 is 1.67 bits per heavy atom. The highest BCUT2D eigenvalue weighted by molar-refractivity contribution is 5.69. The lowest BCUT2D eigenvalue weighted by Gasteiger charge is -2.12. The largest absolute Gasteiger partial charge is 0.481 e. The second-order valence-electron chi connectivity index (χ2n) is 6.19. The summed E-state index contributed by atoms with van der Waals surface area (Å²) in [5, 5.41) is 9.22. The van der Waals surface area contributed by atoms with Crippen molar-refractivity contribution in [1.29, 1.82) is 0 Å². The summed E-state index contributed by atoms with van der Waals surface area (Å²) in [5.74, 6) is -0.834. The van der Waals surface area contributed by atoms with E-state index in [1.165, 1.54) is 38.5 Å². The Kier molecular flexibility index (Phi) is 15.3. The third-order valence-corrected chi connectivity index (χ3v) is 4.19. The van der Waals surface area contributed by atoms with Gasteiger partial charge in [0.25, 0.3) is 0 Å². The summed E-state index contributed by atoms with van der Waals surface area (Å²) in [6.07, 6.45) is 15.0. The van der Waals surface area contributed by atoms with E-state index in [9.17, 15) is 14.3 Å². The zero-order valence-corrected chi connectivity index (χ0v) is 13.9. The molecule has 0 saturated heterocycles. The molecule has 0 radical (unpaired) electrons. The smallest absolute Gasteiger partial charge is 0.306 e. The van der Waals surface area contributed by atoms with E-state index in [1.807, 2.05) is 0 Å². The first-order valence-electron chi connectivity index (χ1n) is 9.01. The quantitative estimate of drug-likeness (QED) is 0.348. The van der Waals surface area contributed by atoms with Gasteiger partial charge in [0.2, 0.25) is 0 Å². The Balaban J connectivity index is 3.50. The third kappa shape index (κ3) is 14.1. The number of alkyl halides is 1. The molecule has 0 amide bonds. The van der Waals surface area contributed by atoms with Crippen molar-refractivity contribution in [2.75, 3.05) is 6.67 Å². The fraction of sp³-hybridized carbons (Fsp3) is 0.944. The average molecular weight is 302 g/mol. The van der Waals surface area contributed by atoms with E-state index >= 15 is 0 Å². The lowest BCUT2D eigenvalue weighted by atomic mass is 9.94. The Bertz CT molecular complexity index is 231. The lowest BCUT2D eigenvalue weighted by Crippen LogP contribution is -2.13. The Morgan fingerprint density at radius 2 is 1.24 bits per heavy atom. The minimum Gasteiger partial charge on any atom is -0.481 e. The molecule has 3 heteroatoms. The number of carboxylic acid groups (broad SMARTS) is 1. The number of hydrogen-bond acceptors (Lipinski definition) is 1. The van der Waals surface area contributed by atoms with Crippen molar-refractivity contribution < 1.29 is 14.3 Å². The summed E-state index contributed by atoms with van der Waals surface area (Å²) < 4.78 is 12.0. The minimum absolute atomic E-state index is 0.185. The average Bonchev–Trinajstić information content (AvgIpc) is 2.47. The normalized spacial score (nSPS) is 12.5. The van der Waals surface area contributed by atoms with E-state index in [2.05, 4.69) is 6.92 Å². The number of carboxylic acids is 1. The highest BCUT2D eigenvalue weighted by atomic mass is 19.1. The maximum absolute atomic E-state index is 12.0. The van der Waals surface area contributed by atoms with Crippen LogP contribution in [0.2, 0.25) is 0 Å². The van der Waals surface area contributed by atoms with Gasteiger partial charge >= 0.3 is 5.97 Å². The predicted molar refractivity (Wildman–Crippen MR) is 87.4 cm³/mol. The number of aliphatic carboxylic acids is 1. The fourth-order valence-corrected chi connectivity index (χ4v) is 2.75. The molecule has 0 aromatic heterocycles. The maximum Gasteiger partial charge on any atom is 0.306 e. The van der Waals surface area contributed by atoms with Crippen molar-refractivity contribution in [2.24, 2.45) is 5.92 Å². The van der Waals surface area contributed by atoms with Gasteiger partial charge in [-0.25, -0.2) is 0 Å². The van der Waals surface area contributed by atoms with Crippen molar-refractivity contribution in [1.82, 2.24) is 0 Å². The van der Waals surface area contributed by atoms with Crippen molar-refractivity contribution in [3.05, 3.63) is 0 Å². The molecule has 0 spiro atoms. The number of hydrogen-bond donors (Lipinski definition) is 1. The van der Waals surface area contributed by atoms with Crippen molar-refractivity contribution in [3.8, 4) is 0 Å². The van der Waals surface area contributed by atoms with Crippen LogP contribution in [0, 0.1) is 5.92 Å². The van der Waals surface area contributed by atoms with Gasteiger partial charge in [-0.3, -0.25) is 9.18 Å². The van der Waals surface area contributed by atoms with Gasteiger partial charge in [-0.1, -0.05) is 77.6 Å². The standard InChI is InChI=1S/C18H35FO2/c1-2-3-4-5-6-7-8-11-14-17(18(20)21)15-12-9-10-13-16-19/h17H,2-16H2,1H3,(H,20,21). The summed E-state index contributed by atoms with van der Waals surface area (Å²) in [4.78, 5) is 11.2. The van der Waals surface area contributed by atoms with Crippen LogP contribution in [0.4, 0.5) is 4.39 Å². The molecule has 0 aromatic carbocycles. The van der Waals surface area contributed by atoms with Crippen molar-refractivity contribution >= 4 is 5.97 Å². The first-order chi connectivity index (χ1) is 10.2. The molecule has 1 atom stereocenters. The molecule has 0 aliphatic carbocycles. The van der Waals surface area contributed by atoms with E-state index in [1.54, 1.807) is 0 Å². The van der Waals surface area contributed by atoms with Crippen LogP contribution in [0.25, 0.3) is 0 Å². The molecule has 0 heterocycles. The fourth-order valence-electron chi connectivity index (χ4n) is 2.75. The molecular formula is C18H35FO2. The van der Waals surface area contributed by atoms with Crippen LogP contribution in [-0.4, -0.2) is 17.8 Å². The molecule has 0 fully saturated rings. The molecule has 21 heavy (non-hydrogen) atoms. The number of carbonyl (C=O) groups is 1. The summed E-state index contributed by atoms with van der Waals surface area (Å²) in [6, 6.07) is 0. The van der Waals surface area contributed by atoms with E-state index in [4.69, 9.17) is 0 Å². The van der Waals surface area contributed by atoms with Crippen LogP contribution in [0.15, 0.2) is 0 Å².